The van der Waals surface area contributed by atoms with E-state index in [9.17, 15) is 14.9 Å². The second-order valence-corrected chi connectivity index (χ2v) is 5.42. The minimum atomic E-state index is -0.743. The van der Waals surface area contributed by atoms with Crippen molar-refractivity contribution in [3.8, 4) is 5.75 Å². The summed E-state index contributed by atoms with van der Waals surface area (Å²) in [5.41, 5.74) is -0.566. The molecule has 0 amide bonds. The number of ketones is 1. The number of hydrogen-bond donors (Lipinski definition) is 0. The van der Waals surface area contributed by atoms with Gasteiger partial charge in [-0.05, 0) is 19.9 Å². The lowest BCUT2D eigenvalue weighted by atomic mass is 10.0. The van der Waals surface area contributed by atoms with Crippen molar-refractivity contribution in [2.24, 2.45) is 0 Å². The Balaban J connectivity index is 3.06. The van der Waals surface area contributed by atoms with Gasteiger partial charge in [-0.25, -0.2) is 0 Å². The number of halogens is 2. The Morgan fingerprint density at radius 3 is 2.29 bits per heavy atom. The Hall–Kier alpha value is -1.41. The van der Waals surface area contributed by atoms with E-state index in [1.807, 2.05) is 13.8 Å². The fourth-order valence-electron chi connectivity index (χ4n) is 2.08. The van der Waals surface area contributed by atoms with Crippen molar-refractivity contribution in [2.75, 3.05) is 20.3 Å². The molecule has 9 heteroatoms. The summed E-state index contributed by atoms with van der Waals surface area (Å²) in [5, 5.41) is 10.6. The molecule has 0 bridgehead atoms. The number of benzene rings is 1. The average molecular weight is 380 g/mol. The second kappa shape index (κ2) is 9.78. The zero-order valence-electron chi connectivity index (χ0n) is 13.6. The van der Waals surface area contributed by atoms with Crippen LogP contribution in [0.2, 0.25) is 10.0 Å². The van der Waals surface area contributed by atoms with E-state index < -0.39 is 16.9 Å². The van der Waals surface area contributed by atoms with Gasteiger partial charge >= 0.3 is 5.69 Å². The van der Waals surface area contributed by atoms with Crippen LogP contribution in [0.1, 0.15) is 37.0 Å². The number of methoxy groups -OCH3 is 1. The van der Waals surface area contributed by atoms with Crippen LogP contribution in [0.3, 0.4) is 0 Å². The van der Waals surface area contributed by atoms with Gasteiger partial charge in [0.25, 0.3) is 0 Å². The first-order valence-corrected chi connectivity index (χ1v) is 8.09. The molecule has 0 heterocycles. The number of carbonyl (C=O) groups is 1. The van der Waals surface area contributed by atoms with Gasteiger partial charge in [-0.15, -0.1) is 0 Å². The van der Waals surface area contributed by atoms with E-state index in [2.05, 4.69) is 0 Å². The molecule has 0 unspecified atom stereocenters. The van der Waals surface area contributed by atoms with Crippen molar-refractivity contribution in [3.63, 3.8) is 0 Å². The highest BCUT2D eigenvalue weighted by molar-refractivity contribution is 6.41. The molecule has 0 N–H and O–H groups in total. The van der Waals surface area contributed by atoms with Gasteiger partial charge in [0.15, 0.2) is 17.1 Å². The third-order valence-electron chi connectivity index (χ3n) is 3.16. The van der Waals surface area contributed by atoms with Crippen LogP contribution >= 0.6 is 23.2 Å². The van der Waals surface area contributed by atoms with E-state index in [4.69, 9.17) is 37.4 Å². The quantitative estimate of drug-likeness (QED) is 0.261. The van der Waals surface area contributed by atoms with Gasteiger partial charge in [0.2, 0.25) is 0 Å². The summed E-state index contributed by atoms with van der Waals surface area (Å²) in [5.74, 6) is -0.371. The first-order valence-electron chi connectivity index (χ1n) is 7.34. The van der Waals surface area contributed by atoms with Crippen molar-refractivity contribution in [1.82, 2.24) is 0 Å². The van der Waals surface area contributed by atoms with Crippen molar-refractivity contribution in [2.45, 2.75) is 33.0 Å². The smallest absolute Gasteiger partial charge is 0.310 e. The number of nitrogens with zero attached hydrogens (tertiary/aromatic N) is 1. The maximum atomic E-state index is 12.4. The van der Waals surface area contributed by atoms with E-state index in [0.717, 1.165) is 0 Å². The number of nitro benzene ring substituents is 1. The summed E-state index contributed by atoms with van der Waals surface area (Å²) in [6, 6.07) is 1.30. The average Bonchev–Trinajstić information content (AvgIpc) is 2.52. The first kappa shape index (κ1) is 20.6. The third-order valence-corrected chi connectivity index (χ3v) is 3.91. The Morgan fingerprint density at radius 1 is 1.25 bits per heavy atom. The largest absolute Gasteiger partial charge is 0.495 e. The molecule has 0 aliphatic rings. The van der Waals surface area contributed by atoms with Gasteiger partial charge in [-0.1, -0.05) is 23.2 Å². The molecule has 24 heavy (non-hydrogen) atoms. The molecule has 0 aliphatic carbocycles. The predicted octanol–water partition coefficient (Wildman–Crippen LogP) is 4.27. The molecule has 1 aromatic rings. The summed E-state index contributed by atoms with van der Waals surface area (Å²) in [7, 11) is 1.30. The lowest BCUT2D eigenvalue weighted by Crippen LogP contribution is -2.19. The van der Waals surface area contributed by atoms with Crippen LogP contribution in [-0.2, 0) is 9.47 Å². The van der Waals surface area contributed by atoms with Crippen molar-refractivity contribution in [1.29, 1.82) is 0 Å². The van der Waals surface area contributed by atoms with Gasteiger partial charge in [0.1, 0.15) is 10.8 Å². The molecular weight excluding hydrogens is 361 g/mol. The number of hydrogen-bond acceptors (Lipinski definition) is 6. The molecule has 7 nitrogen and oxygen atoms in total. The second-order valence-electron chi connectivity index (χ2n) is 4.66. The summed E-state index contributed by atoms with van der Waals surface area (Å²) >= 11 is 11.9. The Labute approximate surface area is 149 Å². The SMILES string of the molecule is CCOC(CCC(=O)c1cc(OC)c(Cl)c([N+](=O)[O-])c1Cl)OCC. The van der Waals surface area contributed by atoms with Crippen LogP contribution in [0.15, 0.2) is 6.07 Å². The van der Waals surface area contributed by atoms with E-state index in [-0.39, 0.29) is 33.6 Å². The number of ether oxygens (including phenoxy) is 3. The van der Waals surface area contributed by atoms with Gasteiger partial charge in [0.05, 0.1) is 12.0 Å². The molecule has 0 atom stereocenters. The van der Waals surface area contributed by atoms with E-state index in [1.54, 1.807) is 0 Å². The number of carbonyl (C=O) groups excluding carboxylic acids is 1. The van der Waals surface area contributed by atoms with Crippen LogP contribution in [0.25, 0.3) is 0 Å². The molecule has 1 rings (SSSR count). The summed E-state index contributed by atoms with van der Waals surface area (Å²) in [4.78, 5) is 22.8. The molecule has 0 fully saturated rings. The zero-order chi connectivity index (χ0) is 18.3. The maximum absolute atomic E-state index is 12.4. The molecule has 0 saturated carbocycles. The van der Waals surface area contributed by atoms with Gasteiger partial charge < -0.3 is 14.2 Å². The fourth-order valence-corrected chi connectivity index (χ4v) is 2.75. The van der Waals surface area contributed by atoms with Crippen LogP contribution in [0, 0.1) is 10.1 Å². The van der Waals surface area contributed by atoms with Crippen LogP contribution in [0.5, 0.6) is 5.75 Å². The summed E-state index contributed by atoms with van der Waals surface area (Å²) in [6.45, 7) is 4.52. The minimum Gasteiger partial charge on any atom is -0.495 e. The first-order chi connectivity index (χ1) is 11.4. The highest BCUT2D eigenvalue weighted by Crippen LogP contribution is 2.42. The van der Waals surface area contributed by atoms with Gasteiger partial charge in [-0.3, -0.25) is 14.9 Å². The Morgan fingerprint density at radius 2 is 1.83 bits per heavy atom. The van der Waals surface area contributed by atoms with Crippen LogP contribution < -0.4 is 4.74 Å². The monoisotopic (exact) mass is 379 g/mol. The van der Waals surface area contributed by atoms with Gasteiger partial charge in [0, 0.05) is 31.6 Å². The number of rotatable bonds is 10. The normalized spacial score (nSPS) is 10.9. The fraction of sp³-hybridized carbons (Fsp3) is 0.533. The summed E-state index contributed by atoms with van der Waals surface area (Å²) < 4.78 is 15.7. The molecular formula is C15H19Cl2NO6. The van der Waals surface area contributed by atoms with E-state index in [1.165, 1.54) is 13.2 Å². The van der Waals surface area contributed by atoms with Crippen molar-refractivity contribution >= 4 is 34.7 Å². The Bertz CT molecular complexity index is 602. The zero-order valence-corrected chi connectivity index (χ0v) is 15.1. The molecule has 0 radical (unpaired) electrons. The molecule has 0 saturated heterocycles. The molecule has 0 spiro atoms. The van der Waals surface area contributed by atoms with Gasteiger partial charge in [-0.2, -0.15) is 0 Å². The molecule has 0 aromatic heterocycles. The summed E-state index contributed by atoms with van der Waals surface area (Å²) in [6.07, 6.45) is -0.172. The maximum Gasteiger partial charge on any atom is 0.310 e. The lowest BCUT2D eigenvalue weighted by molar-refractivity contribution is -0.384. The van der Waals surface area contributed by atoms with E-state index in [0.29, 0.717) is 19.6 Å². The standard InChI is InChI=1S/C15H19Cl2NO6/c1-4-23-12(24-5-2)7-6-10(19)9-8-11(22-3)14(17)15(13(9)16)18(20)21/h8,12H,4-7H2,1-3H3. The minimum absolute atomic E-state index is 0.0160. The molecule has 134 valence electrons. The Kier molecular flexibility index (Phi) is 8.41. The molecule has 0 aliphatic heterocycles. The van der Waals surface area contributed by atoms with Crippen molar-refractivity contribution in [3.05, 3.63) is 31.8 Å². The predicted molar refractivity (Wildman–Crippen MR) is 90.3 cm³/mol. The highest BCUT2D eigenvalue weighted by atomic mass is 35.5. The number of Topliss-reactive ketones (excluding diaryl/α,β-unsaturated/α-hetero) is 1. The van der Waals surface area contributed by atoms with Crippen molar-refractivity contribution < 1.29 is 23.9 Å². The highest BCUT2D eigenvalue weighted by Gasteiger charge is 2.28. The van der Waals surface area contributed by atoms with E-state index >= 15 is 0 Å². The molecule has 1 aromatic carbocycles. The topological polar surface area (TPSA) is 87.9 Å². The van der Waals surface area contributed by atoms with Crippen LogP contribution in [-0.4, -0.2) is 37.3 Å². The third kappa shape index (κ3) is 5.04. The number of nitro groups is 1. The lowest BCUT2D eigenvalue weighted by Gasteiger charge is -2.16. The van der Waals surface area contributed by atoms with Crippen LogP contribution in [0.4, 0.5) is 5.69 Å².